The summed E-state index contributed by atoms with van der Waals surface area (Å²) in [6, 6.07) is 66.6. The normalized spacial score (nSPS) is 15.8. The van der Waals surface area contributed by atoms with Crippen molar-refractivity contribution in [1.29, 1.82) is 0 Å². The van der Waals surface area contributed by atoms with Gasteiger partial charge in [0, 0.05) is 38.9 Å². The molecule has 320 valence electrons. The predicted octanol–water partition coefficient (Wildman–Crippen LogP) is 17.1. The zero-order chi connectivity index (χ0) is 45.0. The highest BCUT2D eigenvalue weighted by Crippen LogP contribution is 2.63. The topological polar surface area (TPSA) is 8.17 Å². The van der Waals surface area contributed by atoms with Crippen LogP contribution in [0.2, 0.25) is 0 Å². The summed E-state index contributed by atoms with van der Waals surface area (Å²) >= 11 is 0. The Morgan fingerprint density at radius 3 is 1.81 bits per heavy atom. The highest BCUT2D eigenvalue weighted by Gasteiger charge is 2.51. The molecule has 0 fully saturated rings. The Balaban J connectivity index is 1.08. The quantitative estimate of drug-likeness (QED) is 0.155. The average Bonchev–Trinajstić information content (AvgIpc) is 4.03. The van der Waals surface area contributed by atoms with Gasteiger partial charge in [-0.15, -0.1) is 0 Å². The van der Waals surface area contributed by atoms with Crippen molar-refractivity contribution >= 4 is 50.0 Å². The van der Waals surface area contributed by atoms with E-state index in [0.717, 1.165) is 35.6 Å². The summed E-state index contributed by atoms with van der Waals surface area (Å²) in [5.74, 6) is 0. The molecule has 0 saturated heterocycles. The van der Waals surface area contributed by atoms with E-state index in [4.69, 9.17) is 0 Å². The molecule has 4 aliphatic rings. The first-order valence-corrected chi connectivity index (χ1v) is 23.8. The van der Waals surface area contributed by atoms with Crippen molar-refractivity contribution in [3.63, 3.8) is 0 Å². The molecule has 4 aliphatic carbocycles. The molecular formula is C65H50N2. The van der Waals surface area contributed by atoms with E-state index in [1.54, 1.807) is 0 Å². The lowest BCUT2D eigenvalue weighted by molar-refractivity contribution is 0.654. The van der Waals surface area contributed by atoms with Crippen LogP contribution in [0.25, 0.3) is 60.9 Å². The van der Waals surface area contributed by atoms with Gasteiger partial charge in [-0.1, -0.05) is 166 Å². The summed E-state index contributed by atoms with van der Waals surface area (Å²) in [4.78, 5) is 2.46. The van der Waals surface area contributed by atoms with E-state index in [0.29, 0.717) is 0 Å². The van der Waals surface area contributed by atoms with Gasteiger partial charge in [0.25, 0.3) is 0 Å². The van der Waals surface area contributed by atoms with Crippen LogP contribution >= 0.6 is 0 Å². The van der Waals surface area contributed by atoms with Crippen molar-refractivity contribution in [3.8, 4) is 27.9 Å². The summed E-state index contributed by atoms with van der Waals surface area (Å²) in [6.07, 6.45) is 15.5. The lowest BCUT2D eigenvalue weighted by Gasteiger charge is -2.30. The van der Waals surface area contributed by atoms with Gasteiger partial charge in [0.1, 0.15) is 0 Å². The van der Waals surface area contributed by atoms with Crippen molar-refractivity contribution in [2.45, 2.75) is 44.4 Å². The van der Waals surface area contributed by atoms with Crippen LogP contribution in [-0.2, 0) is 10.8 Å². The fraction of sp³-hybridized carbons (Fsp3) is 0.108. The molecule has 9 aromatic rings. The molecular weight excluding hydrogens is 809 g/mol. The second kappa shape index (κ2) is 14.8. The van der Waals surface area contributed by atoms with E-state index in [1.807, 2.05) is 6.08 Å². The van der Waals surface area contributed by atoms with Crippen LogP contribution in [0.1, 0.15) is 72.6 Å². The van der Waals surface area contributed by atoms with Crippen LogP contribution in [0.3, 0.4) is 0 Å². The molecule has 0 bridgehead atoms. The summed E-state index contributed by atoms with van der Waals surface area (Å²) < 4.78 is 2.48. The highest BCUT2D eigenvalue weighted by atomic mass is 15.1. The maximum absolute atomic E-state index is 4.28. The van der Waals surface area contributed by atoms with Gasteiger partial charge < -0.3 is 9.47 Å². The molecule has 67 heavy (non-hydrogen) atoms. The first kappa shape index (κ1) is 39.4. The van der Waals surface area contributed by atoms with Gasteiger partial charge in [-0.3, -0.25) is 0 Å². The monoisotopic (exact) mass is 858 g/mol. The summed E-state index contributed by atoms with van der Waals surface area (Å²) in [5.41, 5.74) is 24.5. The minimum absolute atomic E-state index is 0.199. The molecule has 0 N–H and O–H groups in total. The Morgan fingerprint density at radius 2 is 1.15 bits per heavy atom. The van der Waals surface area contributed by atoms with Crippen LogP contribution in [0.15, 0.2) is 225 Å². The zero-order valence-electron chi connectivity index (χ0n) is 38.2. The average molecular weight is 859 g/mol. The van der Waals surface area contributed by atoms with Crippen molar-refractivity contribution < 1.29 is 0 Å². The first-order valence-electron chi connectivity index (χ1n) is 23.8. The van der Waals surface area contributed by atoms with Crippen molar-refractivity contribution in [2.24, 2.45) is 0 Å². The molecule has 13 rings (SSSR count). The molecule has 1 spiro atoms. The Hall–Kier alpha value is -7.94. The fourth-order valence-corrected chi connectivity index (χ4v) is 12.4. The second-order valence-corrected chi connectivity index (χ2v) is 19.1. The Morgan fingerprint density at radius 1 is 0.537 bits per heavy atom. The molecule has 0 saturated carbocycles. The molecule has 0 atom stereocenters. The third kappa shape index (κ3) is 5.50. The van der Waals surface area contributed by atoms with E-state index in [9.17, 15) is 0 Å². The minimum atomic E-state index is -0.440. The number of para-hydroxylation sites is 1. The fourth-order valence-electron chi connectivity index (χ4n) is 12.4. The van der Waals surface area contributed by atoms with E-state index in [-0.39, 0.29) is 5.41 Å². The molecule has 2 nitrogen and oxygen atoms in total. The molecule has 0 radical (unpaired) electrons. The second-order valence-electron chi connectivity index (χ2n) is 19.1. The molecule has 1 heterocycles. The lowest BCUT2D eigenvalue weighted by Crippen LogP contribution is -2.25. The summed E-state index contributed by atoms with van der Waals surface area (Å²) in [7, 11) is 0. The predicted molar refractivity (Wildman–Crippen MR) is 283 cm³/mol. The van der Waals surface area contributed by atoms with Gasteiger partial charge in [-0.2, -0.15) is 0 Å². The smallest absolute Gasteiger partial charge is 0.0725 e. The van der Waals surface area contributed by atoms with Gasteiger partial charge in [0.2, 0.25) is 0 Å². The number of anilines is 3. The van der Waals surface area contributed by atoms with Crippen LogP contribution < -0.4 is 4.90 Å². The van der Waals surface area contributed by atoms with Crippen LogP contribution in [0.5, 0.6) is 0 Å². The minimum Gasteiger partial charge on any atom is -0.310 e. The van der Waals surface area contributed by atoms with E-state index < -0.39 is 5.41 Å². The maximum atomic E-state index is 4.28. The number of benzene rings is 8. The van der Waals surface area contributed by atoms with Crippen LogP contribution in [-0.4, -0.2) is 4.57 Å². The standard InChI is InChI=1S/C65H50N2/c1-5-19-56-48(6-2)52-36-34-47(39-60(52)64(56,3)4)66(45-32-30-43(31-33-45)42-20-9-7-10-21-42)46-35-37-62-54(38-46)55-40-61-53(41-63(55)67(62)44-22-11-8-12-23-44)51-26-15-18-29-59(51)65(61)57-27-16-13-24-49(57)50-25-14-17-28-58(50)65/h5-6,8-9,11-41H,2,7,10H2,1,3-4H3/b19-5-. The van der Waals surface area contributed by atoms with Gasteiger partial charge in [0.15, 0.2) is 0 Å². The summed E-state index contributed by atoms with van der Waals surface area (Å²) in [5, 5.41) is 2.46. The molecule has 2 heteroatoms. The Kier molecular flexibility index (Phi) is 8.70. The van der Waals surface area contributed by atoms with Crippen molar-refractivity contribution in [2.75, 3.05) is 4.90 Å². The zero-order valence-corrected chi connectivity index (χ0v) is 38.2. The van der Waals surface area contributed by atoms with E-state index in [1.165, 1.54) is 99.7 Å². The largest absolute Gasteiger partial charge is 0.310 e. The third-order valence-corrected chi connectivity index (χ3v) is 15.3. The third-order valence-electron chi connectivity index (χ3n) is 15.3. The van der Waals surface area contributed by atoms with Crippen molar-refractivity contribution in [3.05, 3.63) is 263 Å². The van der Waals surface area contributed by atoms with Crippen LogP contribution in [0, 0.1) is 0 Å². The number of aromatic nitrogens is 1. The van der Waals surface area contributed by atoms with Gasteiger partial charge in [0.05, 0.1) is 16.4 Å². The van der Waals surface area contributed by atoms with E-state index in [2.05, 4.69) is 243 Å². The molecule has 0 unspecified atom stereocenters. The maximum Gasteiger partial charge on any atom is 0.0725 e. The number of rotatable bonds is 7. The first-order chi connectivity index (χ1) is 32.9. The highest BCUT2D eigenvalue weighted by molar-refractivity contribution is 6.13. The molecule has 8 aromatic carbocycles. The van der Waals surface area contributed by atoms with Crippen molar-refractivity contribution in [1.82, 2.24) is 4.57 Å². The number of allylic oxidation sites excluding steroid dienone is 9. The van der Waals surface area contributed by atoms with Gasteiger partial charge >= 0.3 is 0 Å². The van der Waals surface area contributed by atoms with Gasteiger partial charge in [-0.05, 0) is 164 Å². The number of nitrogens with zero attached hydrogens (tertiary/aromatic N) is 2. The molecule has 1 aromatic heterocycles. The number of hydrogen-bond acceptors (Lipinski definition) is 1. The number of hydrogen-bond donors (Lipinski definition) is 0. The number of fused-ring (bicyclic) bond motifs is 14. The van der Waals surface area contributed by atoms with Crippen LogP contribution in [0.4, 0.5) is 17.1 Å². The molecule has 0 amide bonds. The summed E-state index contributed by atoms with van der Waals surface area (Å²) in [6.45, 7) is 11.1. The molecule has 0 aliphatic heterocycles. The lowest BCUT2D eigenvalue weighted by atomic mass is 9.70. The van der Waals surface area contributed by atoms with E-state index >= 15 is 0 Å². The Labute approximate surface area is 393 Å². The van der Waals surface area contributed by atoms with Gasteiger partial charge in [-0.25, -0.2) is 0 Å². The SMILES string of the molecule is C=CC1=C(/C=C\C)C(C)(C)c2cc(N(c3ccc(C4=CCCC=C4)cc3)c3ccc4c(c3)c3cc5c(cc3n4-c3ccccc3)-c3ccccc3C53c4ccccc4-c4ccccc43)ccc21. The Bertz CT molecular complexity index is 3630.